The number of benzene rings is 2. The van der Waals surface area contributed by atoms with Crippen LogP contribution in [0.4, 0.5) is 33.6 Å². The molecule has 2 saturated heterocycles. The molecule has 198 valence electrons. The van der Waals surface area contributed by atoms with Crippen molar-refractivity contribution in [3.63, 3.8) is 0 Å². The minimum atomic E-state index is -0.151. The van der Waals surface area contributed by atoms with Crippen LogP contribution >= 0.6 is 0 Å². The van der Waals surface area contributed by atoms with Crippen LogP contribution in [0, 0.1) is 6.92 Å². The van der Waals surface area contributed by atoms with Crippen LogP contribution in [0.3, 0.4) is 0 Å². The Labute approximate surface area is 222 Å². The van der Waals surface area contributed by atoms with Crippen LogP contribution in [0.25, 0.3) is 0 Å². The first-order chi connectivity index (χ1) is 18.4. The summed E-state index contributed by atoms with van der Waals surface area (Å²) in [6, 6.07) is 17.1. The average molecular weight is 516 g/mol. The SMILES string of the molecule is CC(=O)c1ccc(NC(=O)N2CCN(c3cc(C)nc(Nc4ccc(N5CCOCC5)cc4)n3)CC2)cc1. The number of Topliss-reactive ketones (excluding diaryl/α,β-unsaturated/α-hetero) is 1. The maximum absolute atomic E-state index is 12.8. The number of aryl methyl sites for hydroxylation is 1. The summed E-state index contributed by atoms with van der Waals surface area (Å²) in [5, 5.41) is 6.25. The van der Waals surface area contributed by atoms with Gasteiger partial charge in [-0.25, -0.2) is 9.78 Å². The number of hydrogen-bond donors (Lipinski definition) is 2. The highest BCUT2D eigenvalue weighted by Crippen LogP contribution is 2.23. The van der Waals surface area contributed by atoms with E-state index in [0.717, 1.165) is 43.5 Å². The van der Waals surface area contributed by atoms with Crippen molar-refractivity contribution in [2.45, 2.75) is 13.8 Å². The minimum absolute atomic E-state index is 0.000929. The van der Waals surface area contributed by atoms with Crippen molar-refractivity contribution in [1.82, 2.24) is 14.9 Å². The number of amides is 2. The lowest BCUT2D eigenvalue weighted by atomic mass is 10.1. The zero-order valence-corrected chi connectivity index (χ0v) is 21.8. The van der Waals surface area contributed by atoms with Gasteiger partial charge in [0.25, 0.3) is 0 Å². The molecule has 0 saturated carbocycles. The van der Waals surface area contributed by atoms with Crippen molar-refractivity contribution in [3.05, 3.63) is 65.9 Å². The number of aromatic nitrogens is 2. The lowest BCUT2D eigenvalue weighted by Gasteiger charge is -2.35. The van der Waals surface area contributed by atoms with Crippen molar-refractivity contribution in [2.75, 3.05) is 72.9 Å². The molecule has 0 unspecified atom stereocenters. The second-order valence-electron chi connectivity index (χ2n) is 9.50. The van der Waals surface area contributed by atoms with Crippen LogP contribution in [0.1, 0.15) is 23.0 Å². The lowest BCUT2D eigenvalue weighted by molar-refractivity contribution is 0.101. The van der Waals surface area contributed by atoms with E-state index in [9.17, 15) is 9.59 Å². The number of carbonyl (C=O) groups excluding carboxylic acids is 2. The second kappa shape index (κ2) is 11.5. The summed E-state index contributed by atoms with van der Waals surface area (Å²) >= 11 is 0. The molecule has 2 amide bonds. The van der Waals surface area contributed by atoms with Gasteiger partial charge >= 0.3 is 6.03 Å². The number of nitrogens with one attached hydrogen (secondary N) is 2. The monoisotopic (exact) mass is 515 g/mol. The smallest absolute Gasteiger partial charge is 0.321 e. The Morgan fingerprint density at radius 2 is 1.47 bits per heavy atom. The number of anilines is 5. The predicted octanol–water partition coefficient (Wildman–Crippen LogP) is 3.92. The van der Waals surface area contributed by atoms with E-state index in [1.807, 2.05) is 25.1 Å². The highest BCUT2D eigenvalue weighted by atomic mass is 16.5. The Morgan fingerprint density at radius 1 is 0.816 bits per heavy atom. The van der Waals surface area contributed by atoms with Gasteiger partial charge in [0.1, 0.15) is 5.82 Å². The largest absolute Gasteiger partial charge is 0.378 e. The van der Waals surface area contributed by atoms with Crippen molar-refractivity contribution in [2.24, 2.45) is 0 Å². The first kappa shape index (κ1) is 25.5. The lowest BCUT2D eigenvalue weighted by Crippen LogP contribution is -2.50. The molecule has 10 heteroatoms. The molecule has 3 heterocycles. The first-order valence-corrected chi connectivity index (χ1v) is 12.9. The molecule has 0 radical (unpaired) electrons. The average Bonchev–Trinajstić information content (AvgIpc) is 2.94. The van der Waals surface area contributed by atoms with E-state index in [4.69, 9.17) is 9.72 Å². The molecule has 0 bridgehead atoms. The highest BCUT2D eigenvalue weighted by Gasteiger charge is 2.23. The van der Waals surface area contributed by atoms with Crippen LogP contribution in [0.2, 0.25) is 0 Å². The fourth-order valence-corrected chi connectivity index (χ4v) is 4.61. The summed E-state index contributed by atoms with van der Waals surface area (Å²) < 4.78 is 5.44. The molecule has 2 fully saturated rings. The van der Waals surface area contributed by atoms with E-state index in [1.54, 1.807) is 29.2 Å². The number of rotatable bonds is 6. The molecule has 2 N–H and O–H groups in total. The molecule has 0 aliphatic carbocycles. The number of ether oxygens (including phenoxy) is 1. The van der Waals surface area contributed by atoms with Crippen molar-refractivity contribution in [1.29, 1.82) is 0 Å². The summed E-state index contributed by atoms with van der Waals surface area (Å²) in [6.07, 6.45) is 0. The molecule has 3 aromatic rings. The van der Waals surface area contributed by atoms with Gasteiger partial charge in [-0.3, -0.25) is 4.79 Å². The number of nitrogens with zero attached hydrogens (tertiary/aromatic N) is 5. The van der Waals surface area contributed by atoms with Gasteiger partial charge in [0.2, 0.25) is 5.95 Å². The third-order valence-corrected chi connectivity index (χ3v) is 6.77. The molecule has 0 atom stereocenters. The Bertz CT molecular complexity index is 1270. The van der Waals surface area contributed by atoms with Crippen LogP contribution < -0.4 is 20.4 Å². The molecule has 1 aromatic heterocycles. The summed E-state index contributed by atoms with van der Waals surface area (Å²) in [5.74, 6) is 1.39. The van der Waals surface area contributed by atoms with Gasteiger partial charge in [0.15, 0.2) is 5.78 Å². The molecule has 10 nitrogen and oxygen atoms in total. The van der Waals surface area contributed by atoms with Crippen molar-refractivity contribution >= 4 is 40.6 Å². The van der Waals surface area contributed by atoms with Crippen LogP contribution in [0.5, 0.6) is 0 Å². The topological polar surface area (TPSA) is 103 Å². The zero-order chi connectivity index (χ0) is 26.5. The van der Waals surface area contributed by atoms with E-state index in [-0.39, 0.29) is 11.8 Å². The van der Waals surface area contributed by atoms with Crippen molar-refractivity contribution in [3.8, 4) is 0 Å². The molecule has 0 spiro atoms. The number of piperazine rings is 1. The number of ketones is 1. The highest BCUT2D eigenvalue weighted by molar-refractivity contribution is 5.95. The summed E-state index contributed by atoms with van der Waals surface area (Å²) in [4.78, 5) is 39.8. The summed E-state index contributed by atoms with van der Waals surface area (Å²) in [5.41, 5.74) is 4.27. The maximum atomic E-state index is 12.8. The van der Waals surface area contributed by atoms with Crippen LogP contribution in [-0.2, 0) is 4.74 Å². The quantitative estimate of drug-likeness (QED) is 0.476. The van der Waals surface area contributed by atoms with Gasteiger partial charge in [-0.1, -0.05) is 0 Å². The van der Waals surface area contributed by atoms with Gasteiger partial charge < -0.3 is 30.1 Å². The number of morpholine rings is 1. The van der Waals surface area contributed by atoms with Gasteiger partial charge in [-0.05, 0) is 62.4 Å². The second-order valence-corrected chi connectivity index (χ2v) is 9.50. The third kappa shape index (κ3) is 6.20. The predicted molar refractivity (Wildman–Crippen MR) is 149 cm³/mol. The van der Waals surface area contributed by atoms with Crippen LogP contribution in [0.15, 0.2) is 54.6 Å². The third-order valence-electron chi connectivity index (χ3n) is 6.77. The fraction of sp³-hybridized carbons (Fsp3) is 0.357. The van der Waals surface area contributed by atoms with E-state index < -0.39 is 0 Å². The minimum Gasteiger partial charge on any atom is -0.378 e. The fourth-order valence-electron chi connectivity index (χ4n) is 4.61. The van der Waals surface area contributed by atoms with Gasteiger partial charge in [0, 0.05) is 73.7 Å². The summed E-state index contributed by atoms with van der Waals surface area (Å²) in [7, 11) is 0. The Balaban J connectivity index is 1.17. The van der Waals surface area contributed by atoms with Crippen molar-refractivity contribution < 1.29 is 14.3 Å². The number of hydrogen-bond acceptors (Lipinski definition) is 8. The van der Waals surface area contributed by atoms with Gasteiger partial charge in [-0.15, -0.1) is 0 Å². The zero-order valence-electron chi connectivity index (χ0n) is 21.8. The Kier molecular flexibility index (Phi) is 7.69. The molecular weight excluding hydrogens is 482 g/mol. The molecular formula is C28H33N7O3. The maximum Gasteiger partial charge on any atom is 0.321 e. The van der Waals surface area contributed by atoms with Gasteiger partial charge in [-0.2, -0.15) is 4.98 Å². The van der Waals surface area contributed by atoms with E-state index in [2.05, 4.69) is 37.6 Å². The van der Waals surface area contributed by atoms with Gasteiger partial charge in [0.05, 0.1) is 13.2 Å². The Morgan fingerprint density at radius 3 is 2.13 bits per heavy atom. The molecule has 38 heavy (non-hydrogen) atoms. The van der Waals surface area contributed by atoms with E-state index in [0.29, 0.717) is 43.4 Å². The number of carbonyl (C=O) groups is 2. The Hall–Kier alpha value is -4.18. The number of urea groups is 1. The van der Waals surface area contributed by atoms with E-state index >= 15 is 0 Å². The standard InChI is InChI=1S/C28H33N7O3/c1-20-19-26(32-27(29-20)30-23-7-9-25(10-8-23)33-15-17-38-18-16-33)34-11-13-35(14-12-34)28(37)31-24-5-3-22(4-6-24)21(2)36/h3-10,19H,11-18H2,1-2H3,(H,31,37)(H,29,30,32). The normalized spacial score (nSPS) is 15.8. The summed E-state index contributed by atoms with van der Waals surface area (Å²) in [6.45, 7) is 9.29. The first-order valence-electron chi connectivity index (χ1n) is 12.9. The molecule has 2 aliphatic rings. The van der Waals surface area contributed by atoms with E-state index in [1.165, 1.54) is 12.6 Å². The molecule has 2 aliphatic heterocycles. The molecule has 2 aromatic carbocycles. The molecule has 5 rings (SSSR count). The van der Waals surface area contributed by atoms with Crippen LogP contribution in [-0.4, -0.2) is 79.2 Å².